The molecule has 4 rings (SSSR count). The van der Waals surface area contributed by atoms with E-state index in [-0.39, 0.29) is 18.0 Å². The molecule has 5 nitrogen and oxygen atoms in total. The summed E-state index contributed by atoms with van der Waals surface area (Å²) in [6.45, 7) is 4.29. The van der Waals surface area contributed by atoms with E-state index in [1.165, 1.54) is 23.2 Å². The maximum atomic E-state index is 13.3. The lowest BCUT2D eigenvalue weighted by molar-refractivity contribution is -0.0604. The first-order valence-electron chi connectivity index (χ1n) is 10.1. The highest BCUT2D eigenvalue weighted by molar-refractivity contribution is 5.81. The van der Waals surface area contributed by atoms with Crippen molar-refractivity contribution in [1.82, 2.24) is 15.2 Å². The SMILES string of the molecule is CN=C(NCCc1cc2ccccc2[nH]1)N1CC(C)OC(c2ccc(F)cc2)C1. The number of halogens is 1. The normalized spacial score (nSPS) is 20.2. The fourth-order valence-corrected chi connectivity index (χ4v) is 3.90. The van der Waals surface area contributed by atoms with Gasteiger partial charge in [-0.25, -0.2) is 4.39 Å². The highest BCUT2D eigenvalue weighted by Gasteiger charge is 2.28. The van der Waals surface area contributed by atoms with Crippen LogP contribution in [0.1, 0.15) is 24.3 Å². The molecule has 1 saturated heterocycles. The van der Waals surface area contributed by atoms with Crippen LogP contribution < -0.4 is 5.32 Å². The van der Waals surface area contributed by atoms with Crippen molar-refractivity contribution in [3.05, 3.63) is 71.7 Å². The summed E-state index contributed by atoms with van der Waals surface area (Å²) in [6, 6.07) is 17.1. The van der Waals surface area contributed by atoms with Gasteiger partial charge in [-0.15, -0.1) is 0 Å². The largest absolute Gasteiger partial charge is 0.367 e. The van der Waals surface area contributed by atoms with Crippen LogP contribution in [0.25, 0.3) is 10.9 Å². The summed E-state index contributed by atoms with van der Waals surface area (Å²) in [5, 5.41) is 4.71. The molecule has 0 bridgehead atoms. The highest BCUT2D eigenvalue weighted by Crippen LogP contribution is 2.25. The Kier molecular flexibility index (Phi) is 5.81. The minimum absolute atomic E-state index is 0.0612. The lowest BCUT2D eigenvalue weighted by atomic mass is 10.1. The zero-order valence-corrected chi connectivity index (χ0v) is 16.9. The molecule has 0 amide bonds. The van der Waals surface area contributed by atoms with Gasteiger partial charge in [-0.2, -0.15) is 0 Å². The number of nitrogens with zero attached hydrogens (tertiary/aromatic N) is 2. The number of hydrogen-bond acceptors (Lipinski definition) is 2. The maximum absolute atomic E-state index is 13.3. The first-order valence-corrected chi connectivity index (χ1v) is 10.1. The molecule has 6 heteroatoms. The molecule has 2 aromatic carbocycles. The Morgan fingerprint density at radius 2 is 2.00 bits per heavy atom. The summed E-state index contributed by atoms with van der Waals surface area (Å²) >= 11 is 0. The zero-order valence-electron chi connectivity index (χ0n) is 16.9. The fraction of sp³-hybridized carbons (Fsp3) is 0.348. The number of nitrogens with one attached hydrogen (secondary N) is 2. The smallest absolute Gasteiger partial charge is 0.193 e. The van der Waals surface area contributed by atoms with Crippen LogP contribution in [-0.4, -0.2) is 48.6 Å². The first-order chi connectivity index (χ1) is 14.1. The van der Waals surface area contributed by atoms with Gasteiger partial charge in [-0.05, 0) is 42.1 Å². The van der Waals surface area contributed by atoms with Crippen molar-refractivity contribution < 1.29 is 9.13 Å². The van der Waals surface area contributed by atoms with Gasteiger partial charge in [-0.1, -0.05) is 30.3 Å². The topological polar surface area (TPSA) is 52.7 Å². The summed E-state index contributed by atoms with van der Waals surface area (Å²) in [5.41, 5.74) is 3.35. The summed E-state index contributed by atoms with van der Waals surface area (Å²) in [7, 11) is 1.80. The minimum atomic E-state index is -0.232. The minimum Gasteiger partial charge on any atom is -0.367 e. The third kappa shape index (κ3) is 4.59. The molecule has 2 atom stereocenters. The van der Waals surface area contributed by atoms with Gasteiger partial charge in [0.1, 0.15) is 11.9 Å². The fourth-order valence-electron chi connectivity index (χ4n) is 3.90. The first kappa shape index (κ1) is 19.5. The number of para-hydroxylation sites is 1. The standard InChI is InChI=1S/C23H27FN4O/c1-16-14-28(15-22(29-16)17-7-9-19(24)10-8-17)23(25-2)26-12-11-20-13-18-5-3-4-6-21(18)27-20/h3-10,13,16,22,27H,11-12,14-15H2,1-2H3,(H,25,26). The quantitative estimate of drug-likeness (QED) is 0.521. The van der Waals surface area contributed by atoms with E-state index in [1.54, 1.807) is 19.2 Å². The van der Waals surface area contributed by atoms with Gasteiger partial charge in [0.25, 0.3) is 0 Å². The van der Waals surface area contributed by atoms with Crippen molar-refractivity contribution in [3.8, 4) is 0 Å². The van der Waals surface area contributed by atoms with E-state index in [4.69, 9.17) is 4.74 Å². The van der Waals surface area contributed by atoms with E-state index in [2.05, 4.69) is 51.4 Å². The molecule has 0 saturated carbocycles. The summed E-state index contributed by atoms with van der Waals surface area (Å²) < 4.78 is 19.3. The van der Waals surface area contributed by atoms with Crippen molar-refractivity contribution in [2.45, 2.75) is 25.6 Å². The molecule has 3 aromatic rings. The molecular weight excluding hydrogens is 367 g/mol. The van der Waals surface area contributed by atoms with Crippen molar-refractivity contribution >= 4 is 16.9 Å². The van der Waals surface area contributed by atoms with Gasteiger partial charge in [0.2, 0.25) is 0 Å². The van der Waals surface area contributed by atoms with Gasteiger partial charge in [0, 0.05) is 37.8 Å². The lowest BCUT2D eigenvalue weighted by Crippen LogP contribution is -2.51. The second-order valence-electron chi connectivity index (χ2n) is 7.50. The van der Waals surface area contributed by atoms with E-state index >= 15 is 0 Å². The molecule has 152 valence electrons. The molecular formula is C23H27FN4O. The second-order valence-corrected chi connectivity index (χ2v) is 7.50. The third-order valence-corrected chi connectivity index (χ3v) is 5.28. The molecule has 2 N–H and O–H groups in total. The van der Waals surface area contributed by atoms with Crippen LogP contribution >= 0.6 is 0 Å². The molecule has 1 aromatic heterocycles. The average Bonchev–Trinajstić information content (AvgIpc) is 3.14. The number of morpholine rings is 1. The van der Waals surface area contributed by atoms with Crippen LogP contribution in [0.4, 0.5) is 4.39 Å². The van der Waals surface area contributed by atoms with Crippen LogP contribution in [-0.2, 0) is 11.2 Å². The molecule has 0 spiro atoms. The van der Waals surface area contributed by atoms with E-state index in [0.717, 1.165) is 36.6 Å². The molecule has 1 aliphatic rings. The molecule has 1 aliphatic heterocycles. The Morgan fingerprint density at radius 3 is 2.76 bits per heavy atom. The Balaban J connectivity index is 1.38. The van der Waals surface area contributed by atoms with E-state index in [1.807, 2.05) is 6.07 Å². The van der Waals surface area contributed by atoms with Crippen molar-refractivity contribution in [2.24, 2.45) is 4.99 Å². The second kappa shape index (κ2) is 8.66. The number of H-pyrrole nitrogens is 1. The predicted molar refractivity (Wildman–Crippen MR) is 115 cm³/mol. The number of rotatable bonds is 4. The molecule has 0 radical (unpaired) electrons. The van der Waals surface area contributed by atoms with E-state index < -0.39 is 0 Å². The number of aliphatic imine (C=N–C) groups is 1. The van der Waals surface area contributed by atoms with Gasteiger partial charge >= 0.3 is 0 Å². The number of benzene rings is 2. The predicted octanol–water partition coefficient (Wildman–Crippen LogP) is 3.89. The summed E-state index contributed by atoms with van der Waals surface area (Å²) in [5.74, 6) is 0.632. The van der Waals surface area contributed by atoms with E-state index in [0.29, 0.717) is 6.54 Å². The van der Waals surface area contributed by atoms with Crippen molar-refractivity contribution in [1.29, 1.82) is 0 Å². The molecule has 29 heavy (non-hydrogen) atoms. The molecule has 2 heterocycles. The van der Waals surface area contributed by atoms with E-state index in [9.17, 15) is 4.39 Å². The van der Waals surface area contributed by atoms with Crippen LogP contribution in [0.5, 0.6) is 0 Å². The highest BCUT2D eigenvalue weighted by atomic mass is 19.1. The van der Waals surface area contributed by atoms with Crippen LogP contribution in [0, 0.1) is 5.82 Å². The Hall–Kier alpha value is -2.86. The third-order valence-electron chi connectivity index (χ3n) is 5.28. The van der Waals surface area contributed by atoms with Gasteiger partial charge in [0.05, 0.1) is 12.6 Å². The maximum Gasteiger partial charge on any atom is 0.193 e. The number of aromatic amines is 1. The zero-order chi connectivity index (χ0) is 20.2. The Bertz CT molecular complexity index is 949. The molecule has 0 aliphatic carbocycles. The molecule has 2 unspecified atom stereocenters. The number of hydrogen-bond donors (Lipinski definition) is 2. The molecule has 1 fully saturated rings. The number of guanidine groups is 1. The number of ether oxygens (including phenoxy) is 1. The van der Waals surface area contributed by atoms with Crippen molar-refractivity contribution in [2.75, 3.05) is 26.7 Å². The average molecular weight is 394 g/mol. The van der Waals surface area contributed by atoms with Crippen LogP contribution in [0.2, 0.25) is 0 Å². The van der Waals surface area contributed by atoms with Gasteiger partial charge in [-0.3, -0.25) is 4.99 Å². The lowest BCUT2D eigenvalue weighted by Gasteiger charge is -2.38. The van der Waals surface area contributed by atoms with Gasteiger partial charge < -0.3 is 19.9 Å². The number of fused-ring (bicyclic) bond motifs is 1. The van der Waals surface area contributed by atoms with Gasteiger partial charge in [0.15, 0.2) is 5.96 Å². The van der Waals surface area contributed by atoms with Crippen LogP contribution in [0.3, 0.4) is 0 Å². The summed E-state index contributed by atoms with van der Waals surface area (Å²) in [4.78, 5) is 10.1. The Morgan fingerprint density at radius 1 is 1.21 bits per heavy atom. The number of aromatic nitrogens is 1. The Labute approximate surface area is 170 Å². The van der Waals surface area contributed by atoms with Crippen molar-refractivity contribution in [3.63, 3.8) is 0 Å². The monoisotopic (exact) mass is 394 g/mol. The van der Waals surface area contributed by atoms with Crippen LogP contribution in [0.15, 0.2) is 59.6 Å². The summed E-state index contributed by atoms with van der Waals surface area (Å²) in [6.07, 6.45) is 0.840.